The van der Waals surface area contributed by atoms with Crippen molar-refractivity contribution < 1.29 is 9.57 Å². The molecule has 0 aromatic rings. The van der Waals surface area contributed by atoms with Crippen LogP contribution in [0.4, 0.5) is 0 Å². The molecule has 2 aliphatic heterocycles. The van der Waals surface area contributed by atoms with Crippen molar-refractivity contribution in [2.24, 2.45) is 5.16 Å². The molecule has 0 aliphatic carbocycles. The minimum atomic E-state index is -0.0556. The van der Waals surface area contributed by atoms with E-state index in [1.165, 1.54) is 0 Å². The summed E-state index contributed by atoms with van der Waals surface area (Å²) in [5.41, 5.74) is -0.0556. The Morgan fingerprint density at radius 3 is 3.11 bits per heavy atom. The molecule has 1 spiro atoms. The summed E-state index contributed by atoms with van der Waals surface area (Å²) >= 11 is 0. The van der Waals surface area contributed by atoms with Crippen molar-refractivity contribution in [3.63, 3.8) is 0 Å². The van der Waals surface area contributed by atoms with Gasteiger partial charge in [-0.05, 0) is 0 Å². The maximum absolute atomic E-state index is 5.18. The van der Waals surface area contributed by atoms with Crippen LogP contribution in [0.3, 0.4) is 0 Å². The number of oxime groups is 1. The molecule has 0 N–H and O–H groups in total. The molecule has 0 amide bonds. The van der Waals surface area contributed by atoms with Gasteiger partial charge in [-0.2, -0.15) is 0 Å². The summed E-state index contributed by atoms with van der Waals surface area (Å²) < 4.78 is 5.18. The highest BCUT2D eigenvalue weighted by Gasteiger charge is 2.39. The molecule has 0 radical (unpaired) electrons. The van der Waals surface area contributed by atoms with Crippen LogP contribution in [0, 0.1) is 0 Å². The van der Waals surface area contributed by atoms with Crippen molar-refractivity contribution in [2.45, 2.75) is 18.4 Å². The molecule has 3 heteroatoms. The van der Waals surface area contributed by atoms with E-state index in [2.05, 4.69) is 5.16 Å². The van der Waals surface area contributed by atoms with Gasteiger partial charge in [-0.25, -0.2) is 0 Å². The zero-order chi connectivity index (χ0) is 6.16. The third-order valence-electron chi connectivity index (χ3n) is 1.85. The Bertz CT molecular complexity index is 128. The molecule has 1 atom stereocenters. The summed E-state index contributed by atoms with van der Waals surface area (Å²) in [6.45, 7) is 1.54. The van der Waals surface area contributed by atoms with Gasteiger partial charge in [0.25, 0.3) is 0 Å². The lowest BCUT2D eigenvalue weighted by Gasteiger charge is -2.16. The van der Waals surface area contributed by atoms with Crippen LogP contribution in [0.2, 0.25) is 0 Å². The molecular weight excluding hydrogens is 118 g/mol. The highest BCUT2D eigenvalue weighted by Crippen LogP contribution is 2.29. The number of nitrogens with zero attached hydrogens (tertiary/aromatic N) is 1. The van der Waals surface area contributed by atoms with Gasteiger partial charge in [0.05, 0.1) is 13.2 Å². The summed E-state index contributed by atoms with van der Waals surface area (Å²) in [6, 6.07) is 0. The van der Waals surface area contributed by atoms with Crippen LogP contribution < -0.4 is 0 Å². The molecule has 9 heavy (non-hydrogen) atoms. The SMILES string of the molecule is C1=NOC2(C1)CCOC2. The number of hydrogen-bond donors (Lipinski definition) is 0. The molecular formula is C6H9NO2. The van der Waals surface area contributed by atoms with Crippen molar-refractivity contribution in [1.82, 2.24) is 0 Å². The Labute approximate surface area is 53.6 Å². The Hall–Kier alpha value is -0.570. The van der Waals surface area contributed by atoms with E-state index < -0.39 is 0 Å². The van der Waals surface area contributed by atoms with Gasteiger partial charge in [0, 0.05) is 19.1 Å². The largest absolute Gasteiger partial charge is 0.387 e. The molecule has 1 unspecified atom stereocenters. The Morgan fingerprint density at radius 2 is 2.56 bits per heavy atom. The van der Waals surface area contributed by atoms with Gasteiger partial charge in [0.2, 0.25) is 0 Å². The lowest BCUT2D eigenvalue weighted by molar-refractivity contribution is -0.0237. The van der Waals surface area contributed by atoms with Crippen molar-refractivity contribution >= 4 is 6.21 Å². The fraction of sp³-hybridized carbons (Fsp3) is 0.833. The monoisotopic (exact) mass is 127 g/mol. The molecule has 0 aromatic heterocycles. The van der Waals surface area contributed by atoms with Gasteiger partial charge < -0.3 is 9.57 Å². The van der Waals surface area contributed by atoms with Crippen LogP contribution in [0.15, 0.2) is 5.16 Å². The quantitative estimate of drug-likeness (QED) is 0.475. The molecule has 50 valence electrons. The van der Waals surface area contributed by atoms with Crippen LogP contribution in [0.5, 0.6) is 0 Å². The lowest BCUT2D eigenvalue weighted by atomic mass is 10.0. The highest BCUT2D eigenvalue weighted by atomic mass is 16.7. The molecule has 0 saturated carbocycles. The summed E-state index contributed by atoms with van der Waals surface area (Å²) in [4.78, 5) is 5.15. The van der Waals surface area contributed by atoms with E-state index in [1.807, 2.05) is 6.21 Å². The van der Waals surface area contributed by atoms with Crippen molar-refractivity contribution in [3.05, 3.63) is 0 Å². The third kappa shape index (κ3) is 0.721. The van der Waals surface area contributed by atoms with E-state index in [0.29, 0.717) is 6.61 Å². The summed E-state index contributed by atoms with van der Waals surface area (Å²) in [5, 5.41) is 3.71. The normalized spacial score (nSPS) is 40.0. The third-order valence-corrected chi connectivity index (χ3v) is 1.85. The van der Waals surface area contributed by atoms with Crippen molar-refractivity contribution in [1.29, 1.82) is 0 Å². The number of rotatable bonds is 0. The molecule has 1 fully saturated rings. The Balaban J connectivity index is 2.07. The smallest absolute Gasteiger partial charge is 0.168 e. The maximum atomic E-state index is 5.18. The molecule has 0 aromatic carbocycles. The predicted molar refractivity (Wildman–Crippen MR) is 32.4 cm³/mol. The van der Waals surface area contributed by atoms with Gasteiger partial charge in [-0.1, -0.05) is 5.16 Å². The fourth-order valence-electron chi connectivity index (χ4n) is 1.21. The zero-order valence-corrected chi connectivity index (χ0v) is 5.17. The van der Waals surface area contributed by atoms with E-state index in [4.69, 9.17) is 9.57 Å². The first-order chi connectivity index (χ1) is 4.41. The molecule has 2 aliphatic rings. The van der Waals surface area contributed by atoms with Crippen LogP contribution >= 0.6 is 0 Å². The second kappa shape index (κ2) is 1.70. The first-order valence-electron chi connectivity index (χ1n) is 3.19. The summed E-state index contributed by atoms with van der Waals surface area (Å²) in [7, 11) is 0. The molecule has 0 bridgehead atoms. The summed E-state index contributed by atoms with van der Waals surface area (Å²) in [5.74, 6) is 0. The maximum Gasteiger partial charge on any atom is 0.168 e. The standard InChI is InChI=1S/C6H9NO2/c1-3-7-9-6(1)2-4-8-5-6/h3H,1-2,4-5H2. The molecule has 1 saturated heterocycles. The van der Waals surface area contributed by atoms with E-state index in [0.717, 1.165) is 19.4 Å². The first-order valence-corrected chi connectivity index (χ1v) is 3.19. The molecule has 2 heterocycles. The van der Waals surface area contributed by atoms with E-state index in [9.17, 15) is 0 Å². The van der Waals surface area contributed by atoms with Crippen molar-refractivity contribution in [2.75, 3.05) is 13.2 Å². The van der Waals surface area contributed by atoms with Gasteiger partial charge >= 0.3 is 0 Å². The zero-order valence-electron chi connectivity index (χ0n) is 5.17. The van der Waals surface area contributed by atoms with Crippen LogP contribution in [0.25, 0.3) is 0 Å². The highest BCUT2D eigenvalue weighted by molar-refractivity contribution is 5.60. The fourth-order valence-corrected chi connectivity index (χ4v) is 1.21. The minimum Gasteiger partial charge on any atom is -0.387 e. The number of hydrogen-bond acceptors (Lipinski definition) is 3. The number of ether oxygens (including phenoxy) is 1. The van der Waals surface area contributed by atoms with E-state index in [1.54, 1.807) is 0 Å². The predicted octanol–water partition coefficient (Wildman–Crippen LogP) is 0.552. The van der Waals surface area contributed by atoms with Crippen LogP contribution in [0.1, 0.15) is 12.8 Å². The lowest BCUT2D eigenvalue weighted by Crippen LogP contribution is -2.27. The molecule has 2 rings (SSSR count). The Morgan fingerprint density at radius 1 is 1.56 bits per heavy atom. The van der Waals surface area contributed by atoms with Gasteiger partial charge in [-0.15, -0.1) is 0 Å². The first kappa shape index (κ1) is 5.23. The second-order valence-corrected chi connectivity index (χ2v) is 2.57. The van der Waals surface area contributed by atoms with Crippen LogP contribution in [-0.2, 0) is 9.57 Å². The molecule has 3 nitrogen and oxygen atoms in total. The van der Waals surface area contributed by atoms with E-state index >= 15 is 0 Å². The Kier molecular flexibility index (Phi) is 0.990. The van der Waals surface area contributed by atoms with Gasteiger partial charge in [0.1, 0.15) is 0 Å². The topological polar surface area (TPSA) is 30.8 Å². The van der Waals surface area contributed by atoms with Gasteiger partial charge in [0.15, 0.2) is 5.60 Å². The average Bonchev–Trinajstić information content (AvgIpc) is 2.45. The van der Waals surface area contributed by atoms with E-state index in [-0.39, 0.29) is 5.60 Å². The second-order valence-electron chi connectivity index (χ2n) is 2.57. The van der Waals surface area contributed by atoms with Gasteiger partial charge in [-0.3, -0.25) is 0 Å². The average molecular weight is 127 g/mol. The summed E-state index contributed by atoms with van der Waals surface area (Å²) in [6.07, 6.45) is 3.73. The van der Waals surface area contributed by atoms with Crippen molar-refractivity contribution in [3.8, 4) is 0 Å². The van der Waals surface area contributed by atoms with Crippen LogP contribution in [-0.4, -0.2) is 25.0 Å². The minimum absolute atomic E-state index is 0.0556.